The van der Waals surface area contributed by atoms with Crippen LogP contribution in [0.1, 0.15) is 24.1 Å². The number of piperidine rings is 1. The molecule has 4 nitrogen and oxygen atoms in total. The lowest BCUT2D eigenvalue weighted by atomic mass is 10.1. The molecule has 2 aromatic heterocycles. The van der Waals surface area contributed by atoms with Crippen LogP contribution >= 0.6 is 11.3 Å². The van der Waals surface area contributed by atoms with Gasteiger partial charge in [-0.25, -0.2) is 0 Å². The smallest absolute Gasteiger partial charge is 0.227 e. The first-order valence-electron chi connectivity index (χ1n) is 7.61. The Labute approximate surface area is 134 Å². The standard InChI is InChI=1S/C17H20N2O2S/c20-17(11-14-6-10-22-13-14)19-8-4-16(5-9-19)21-12-15-3-1-2-7-18-15/h1-3,6-7,10,13,16H,4-5,8-9,11-12H2. The first-order valence-corrected chi connectivity index (χ1v) is 8.56. The maximum atomic E-state index is 12.2. The lowest BCUT2D eigenvalue weighted by molar-refractivity contribution is -0.133. The third-order valence-electron chi connectivity index (χ3n) is 3.92. The highest BCUT2D eigenvalue weighted by atomic mass is 32.1. The summed E-state index contributed by atoms with van der Waals surface area (Å²) in [7, 11) is 0. The Kier molecular flexibility index (Phi) is 5.19. The van der Waals surface area contributed by atoms with Gasteiger partial charge in [-0.05, 0) is 47.4 Å². The van der Waals surface area contributed by atoms with Gasteiger partial charge in [-0.15, -0.1) is 0 Å². The molecule has 1 aliphatic heterocycles. The Morgan fingerprint density at radius 3 is 2.86 bits per heavy atom. The number of pyridine rings is 1. The summed E-state index contributed by atoms with van der Waals surface area (Å²) in [5.41, 5.74) is 2.07. The minimum atomic E-state index is 0.224. The molecular formula is C17H20N2O2S. The topological polar surface area (TPSA) is 42.4 Å². The number of ether oxygens (including phenoxy) is 1. The van der Waals surface area contributed by atoms with Crippen LogP contribution in [0.5, 0.6) is 0 Å². The highest BCUT2D eigenvalue weighted by molar-refractivity contribution is 7.07. The minimum absolute atomic E-state index is 0.224. The van der Waals surface area contributed by atoms with Gasteiger partial charge in [0.25, 0.3) is 0 Å². The molecule has 0 atom stereocenters. The summed E-state index contributed by atoms with van der Waals surface area (Å²) in [6.07, 6.45) is 4.34. The fraction of sp³-hybridized carbons (Fsp3) is 0.412. The number of carbonyl (C=O) groups excluding carboxylic acids is 1. The van der Waals surface area contributed by atoms with Crippen molar-refractivity contribution in [2.45, 2.75) is 32.0 Å². The summed E-state index contributed by atoms with van der Waals surface area (Å²) in [6.45, 7) is 2.13. The van der Waals surface area contributed by atoms with Crippen molar-refractivity contribution in [1.82, 2.24) is 9.88 Å². The molecule has 116 valence electrons. The predicted molar refractivity (Wildman–Crippen MR) is 86.7 cm³/mol. The number of thiophene rings is 1. The van der Waals surface area contributed by atoms with E-state index in [1.807, 2.05) is 39.9 Å². The Morgan fingerprint density at radius 2 is 2.18 bits per heavy atom. The van der Waals surface area contributed by atoms with E-state index in [4.69, 9.17) is 4.74 Å². The van der Waals surface area contributed by atoms with Crippen molar-refractivity contribution in [3.8, 4) is 0 Å². The van der Waals surface area contributed by atoms with Gasteiger partial charge >= 0.3 is 0 Å². The molecule has 1 aliphatic rings. The molecule has 0 N–H and O–H groups in total. The third-order valence-corrected chi connectivity index (χ3v) is 4.66. The van der Waals surface area contributed by atoms with Crippen molar-refractivity contribution >= 4 is 17.2 Å². The molecule has 2 aromatic rings. The molecular weight excluding hydrogens is 296 g/mol. The zero-order valence-corrected chi connectivity index (χ0v) is 13.3. The summed E-state index contributed by atoms with van der Waals surface area (Å²) in [5, 5.41) is 4.06. The molecule has 0 aliphatic carbocycles. The van der Waals surface area contributed by atoms with Gasteiger partial charge in [0.05, 0.1) is 24.8 Å². The molecule has 22 heavy (non-hydrogen) atoms. The summed E-state index contributed by atoms with van der Waals surface area (Å²) in [5.74, 6) is 0.224. The minimum Gasteiger partial charge on any atom is -0.372 e. The van der Waals surface area contributed by atoms with Gasteiger partial charge in [0.2, 0.25) is 5.91 Å². The molecule has 5 heteroatoms. The Morgan fingerprint density at radius 1 is 1.32 bits per heavy atom. The second-order valence-electron chi connectivity index (χ2n) is 5.52. The van der Waals surface area contributed by atoms with Crippen molar-refractivity contribution in [3.05, 3.63) is 52.5 Å². The van der Waals surface area contributed by atoms with E-state index in [-0.39, 0.29) is 12.0 Å². The monoisotopic (exact) mass is 316 g/mol. The molecule has 0 radical (unpaired) electrons. The first kappa shape index (κ1) is 15.2. The van der Waals surface area contributed by atoms with Crippen molar-refractivity contribution < 1.29 is 9.53 Å². The van der Waals surface area contributed by atoms with Gasteiger partial charge < -0.3 is 9.64 Å². The zero-order chi connectivity index (χ0) is 15.2. The molecule has 0 unspecified atom stereocenters. The van der Waals surface area contributed by atoms with E-state index in [0.29, 0.717) is 13.0 Å². The van der Waals surface area contributed by atoms with Crippen LogP contribution in [0.15, 0.2) is 41.2 Å². The van der Waals surface area contributed by atoms with Crippen molar-refractivity contribution in [1.29, 1.82) is 0 Å². The number of carbonyl (C=O) groups is 1. The second kappa shape index (κ2) is 7.51. The lowest BCUT2D eigenvalue weighted by Crippen LogP contribution is -2.41. The molecule has 0 bridgehead atoms. The van der Waals surface area contributed by atoms with Crippen molar-refractivity contribution in [2.24, 2.45) is 0 Å². The van der Waals surface area contributed by atoms with E-state index in [1.165, 1.54) is 0 Å². The van der Waals surface area contributed by atoms with Gasteiger partial charge in [-0.2, -0.15) is 11.3 Å². The van der Waals surface area contributed by atoms with Crippen LogP contribution in [0.4, 0.5) is 0 Å². The summed E-state index contributed by atoms with van der Waals surface area (Å²) in [6, 6.07) is 7.86. The number of rotatable bonds is 5. The SMILES string of the molecule is O=C(Cc1ccsc1)N1CCC(OCc2ccccn2)CC1. The molecule has 3 rings (SSSR count). The fourth-order valence-electron chi connectivity index (χ4n) is 2.64. The molecule has 1 fully saturated rings. The largest absolute Gasteiger partial charge is 0.372 e. The van der Waals surface area contributed by atoms with Crippen LogP contribution in [-0.4, -0.2) is 35.0 Å². The molecule has 0 aromatic carbocycles. The molecule has 1 amide bonds. The van der Waals surface area contributed by atoms with E-state index >= 15 is 0 Å². The highest BCUT2D eigenvalue weighted by Gasteiger charge is 2.23. The van der Waals surface area contributed by atoms with Crippen LogP contribution < -0.4 is 0 Å². The van der Waals surface area contributed by atoms with Gasteiger partial charge in [0, 0.05) is 19.3 Å². The number of nitrogens with zero attached hydrogens (tertiary/aromatic N) is 2. The Bertz CT molecular complexity index is 578. The van der Waals surface area contributed by atoms with E-state index < -0.39 is 0 Å². The summed E-state index contributed by atoms with van der Waals surface area (Å²) < 4.78 is 5.90. The summed E-state index contributed by atoms with van der Waals surface area (Å²) >= 11 is 1.64. The fourth-order valence-corrected chi connectivity index (χ4v) is 3.31. The Hall–Kier alpha value is -1.72. The van der Waals surface area contributed by atoms with Gasteiger partial charge in [-0.1, -0.05) is 6.07 Å². The molecule has 3 heterocycles. The normalized spacial score (nSPS) is 15.9. The van der Waals surface area contributed by atoms with Crippen LogP contribution in [0.25, 0.3) is 0 Å². The van der Waals surface area contributed by atoms with E-state index in [9.17, 15) is 4.79 Å². The number of hydrogen-bond acceptors (Lipinski definition) is 4. The number of aromatic nitrogens is 1. The van der Waals surface area contributed by atoms with E-state index in [0.717, 1.165) is 37.2 Å². The van der Waals surface area contributed by atoms with E-state index in [2.05, 4.69) is 4.98 Å². The number of hydrogen-bond donors (Lipinski definition) is 0. The van der Waals surface area contributed by atoms with Crippen LogP contribution in [0.2, 0.25) is 0 Å². The maximum Gasteiger partial charge on any atom is 0.227 e. The van der Waals surface area contributed by atoms with Crippen LogP contribution in [0, 0.1) is 0 Å². The summed E-state index contributed by atoms with van der Waals surface area (Å²) in [4.78, 5) is 18.4. The molecule has 0 saturated carbocycles. The lowest BCUT2D eigenvalue weighted by Gasteiger charge is -2.32. The first-order chi connectivity index (χ1) is 10.8. The quantitative estimate of drug-likeness (QED) is 0.852. The average molecular weight is 316 g/mol. The average Bonchev–Trinajstić information content (AvgIpc) is 3.07. The predicted octanol–water partition coefficient (Wildman–Crippen LogP) is 2.89. The number of likely N-dealkylation sites (tertiary alicyclic amines) is 1. The van der Waals surface area contributed by atoms with Crippen molar-refractivity contribution in [2.75, 3.05) is 13.1 Å². The van der Waals surface area contributed by atoms with Gasteiger partial charge in [-0.3, -0.25) is 9.78 Å². The van der Waals surface area contributed by atoms with Gasteiger partial charge in [0.15, 0.2) is 0 Å². The van der Waals surface area contributed by atoms with Crippen molar-refractivity contribution in [3.63, 3.8) is 0 Å². The van der Waals surface area contributed by atoms with Crippen LogP contribution in [-0.2, 0) is 22.6 Å². The van der Waals surface area contributed by atoms with E-state index in [1.54, 1.807) is 17.5 Å². The van der Waals surface area contributed by atoms with Crippen LogP contribution in [0.3, 0.4) is 0 Å². The van der Waals surface area contributed by atoms with Gasteiger partial charge in [0.1, 0.15) is 0 Å². The number of amides is 1. The molecule has 1 saturated heterocycles. The molecule has 0 spiro atoms. The zero-order valence-electron chi connectivity index (χ0n) is 12.5. The maximum absolute atomic E-state index is 12.2. The third kappa shape index (κ3) is 4.15. The second-order valence-corrected chi connectivity index (χ2v) is 6.30. The Balaban J connectivity index is 1.41. The highest BCUT2D eigenvalue weighted by Crippen LogP contribution is 2.17.